The number of allylic oxidation sites excluding steroid dienone is 1. The first-order valence-corrected chi connectivity index (χ1v) is 7.89. The van der Waals surface area contributed by atoms with Crippen LogP contribution < -0.4 is 9.75 Å². The molecule has 0 saturated heterocycles. The highest BCUT2D eigenvalue weighted by Crippen LogP contribution is 2.28. The molecule has 0 bridgehead atoms. The summed E-state index contributed by atoms with van der Waals surface area (Å²) in [6.07, 6.45) is 1.47. The van der Waals surface area contributed by atoms with E-state index in [1.807, 2.05) is 0 Å². The van der Waals surface area contributed by atoms with Crippen LogP contribution in [-0.4, -0.2) is 50.8 Å². The molecule has 0 N–H and O–H groups in total. The molecule has 1 aromatic rings. The molecular formula is C18H20N2O6. The second-order valence-corrected chi connectivity index (χ2v) is 5.32. The fraction of sp³-hybridized carbons (Fsp3) is 0.333. The van der Waals surface area contributed by atoms with Gasteiger partial charge in [-0.2, -0.15) is 5.10 Å². The van der Waals surface area contributed by atoms with E-state index < -0.39 is 18.0 Å². The van der Waals surface area contributed by atoms with Gasteiger partial charge < -0.3 is 14.2 Å². The molecule has 8 nitrogen and oxygen atoms in total. The van der Waals surface area contributed by atoms with Gasteiger partial charge >= 0.3 is 11.9 Å². The van der Waals surface area contributed by atoms with Gasteiger partial charge in [0.25, 0.3) is 0 Å². The third-order valence-electron chi connectivity index (χ3n) is 3.84. The molecule has 1 aliphatic rings. The van der Waals surface area contributed by atoms with Gasteiger partial charge in [-0.1, -0.05) is 6.92 Å². The SMILES string of the molecule is CCC(=O)C1=NN(c2ccc(OC)cc2)C(C(=O)OC)C(C(=O)OC)=C1. The lowest BCUT2D eigenvalue weighted by atomic mass is 10.00. The largest absolute Gasteiger partial charge is 0.497 e. The third kappa shape index (κ3) is 3.74. The Morgan fingerprint density at radius 3 is 2.23 bits per heavy atom. The topological polar surface area (TPSA) is 94.5 Å². The Morgan fingerprint density at radius 2 is 1.73 bits per heavy atom. The standard InChI is InChI=1S/C18H20N2O6/c1-5-15(21)14-10-13(17(22)25-3)16(18(23)26-4)20(19-14)11-6-8-12(24-2)9-7-11/h6-10,16H,5H2,1-4H3. The second-order valence-electron chi connectivity index (χ2n) is 5.32. The summed E-state index contributed by atoms with van der Waals surface area (Å²) in [6.45, 7) is 1.68. The Labute approximate surface area is 151 Å². The molecule has 0 fully saturated rings. The fourth-order valence-electron chi connectivity index (χ4n) is 2.45. The molecule has 1 unspecified atom stereocenters. The van der Waals surface area contributed by atoms with Gasteiger partial charge in [0.1, 0.15) is 11.5 Å². The number of methoxy groups -OCH3 is 3. The third-order valence-corrected chi connectivity index (χ3v) is 3.84. The van der Waals surface area contributed by atoms with E-state index in [2.05, 4.69) is 5.10 Å². The zero-order chi connectivity index (χ0) is 19.3. The summed E-state index contributed by atoms with van der Waals surface area (Å²) < 4.78 is 14.7. The molecule has 1 aliphatic heterocycles. The number of rotatable bonds is 6. The summed E-state index contributed by atoms with van der Waals surface area (Å²) in [5.41, 5.74) is 0.517. The van der Waals surface area contributed by atoms with Crippen LogP contribution in [0, 0.1) is 0 Å². The maximum absolute atomic E-state index is 12.4. The summed E-state index contributed by atoms with van der Waals surface area (Å²) in [5, 5.41) is 5.55. The van der Waals surface area contributed by atoms with Crippen molar-refractivity contribution in [3.63, 3.8) is 0 Å². The number of hydrazone groups is 1. The number of hydrogen-bond donors (Lipinski definition) is 0. The van der Waals surface area contributed by atoms with Crippen molar-refractivity contribution >= 4 is 29.1 Å². The summed E-state index contributed by atoms with van der Waals surface area (Å²) in [7, 11) is 3.93. The van der Waals surface area contributed by atoms with Crippen LogP contribution in [-0.2, 0) is 23.9 Å². The lowest BCUT2D eigenvalue weighted by Gasteiger charge is -2.31. The fourth-order valence-corrected chi connectivity index (χ4v) is 2.45. The van der Waals surface area contributed by atoms with Crippen LogP contribution in [0.4, 0.5) is 5.69 Å². The first-order valence-electron chi connectivity index (χ1n) is 7.89. The van der Waals surface area contributed by atoms with E-state index >= 15 is 0 Å². The highest BCUT2D eigenvalue weighted by molar-refractivity contribution is 6.45. The summed E-state index contributed by atoms with van der Waals surface area (Å²) in [6, 6.07) is 5.50. The van der Waals surface area contributed by atoms with Gasteiger partial charge in [-0.15, -0.1) is 0 Å². The van der Waals surface area contributed by atoms with E-state index in [4.69, 9.17) is 14.2 Å². The van der Waals surface area contributed by atoms with Crippen molar-refractivity contribution in [3.05, 3.63) is 35.9 Å². The molecule has 8 heteroatoms. The van der Waals surface area contributed by atoms with E-state index in [0.717, 1.165) is 0 Å². The first kappa shape index (κ1) is 19.2. The van der Waals surface area contributed by atoms with Crippen LogP contribution in [0.3, 0.4) is 0 Å². The van der Waals surface area contributed by atoms with Crippen LogP contribution in [0.2, 0.25) is 0 Å². The average molecular weight is 360 g/mol. The van der Waals surface area contributed by atoms with Crippen molar-refractivity contribution in [3.8, 4) is 5.75 Å². The maximum Gasteiger partial charge on any atom is 0.336 e. The molecule has 0 radical (unpaired) electrons. The number of ketones is 1. The maximum atomic E-state index is 12.4. The molecule has 0 amide bonds. The van der Waals surface area contributed by atoms with E-state index in [1.54, 1.807) is 31.2 Å². The smallest absolute Gasteiger partial charge is 0.336 e. The number of hydrogen-bond acceptors (Lipinski definition) is 8. The van der Waals surface area contributed by atoms with Gasteiger partial charge in [-0.05, 0) is 30.3 Å². The van der Waals surface area contributed by atoms with E-state index in [0.29, 0.717) is 11.4 Å². The number of carbonyl (C=O) groups excluding carboxylic acids is 3. The lowest BCUT2D eigenvalue weighted by Crippen LogP contribution is -2.46. The van der Waals surface area contributed by atoms with Crippen LogP contribution >= 0.6 is 0 Å². The Kier molecular flexibility index (Phi) is 6.11. The molecule has 26 heavy (non-hydrogen) atoms. The molecule has 0 aromatic heterocycles. The average Bonchev–Trinajstić information content (AvgIpc) is 2.70. The minimum Gasteiger partial charge on any atom is -0.497 e. The minimum absolute atomic E-state index is 0.0260. The number of Topliss-reactive ketones (excluding diaryl/α,β-unsaturated/α-hetero) is 1. The monoisotopic (exact) mass is 360 g/mol. The number of carbonyl (C=O) groups is 3. The van der Waals surface area contributed by atoms with Crippen molar-refractivity contribution in [1.82, 2.24) is 0 Å². The van der Waals surface area contributed by atoms with Gasteiger partial charge in [-0.25, -0.2) is 14.6 Å². The van der Waals surface area contributed by atoms with Crippen LogP contribution in [0.1, 0.15) is 13.3 Å². The van der Waals surface area contributed by atoms with Gasteiger partial charge in [-0.3, -0.25) is 4.79 Å². The molecule has 138 valence electrons. The van der Waals surface area contributed by atoms with E-state index in [1.165, 1.54) is 32.4 Å². The molecule has 1 heterocycles. The van der Waals surface area contributed by atoms with Crippen LogP contribution in [0.5, 0.6) is 5.75 Å². The molecule has 0 spiro atoms. The number of anilines is 1. The summed E-state index contributed by atoms with van der Waals surface area (Å²) >= 11 is 0. The van der Waals surface area contributed by atoms with Crippen molar-refractivity contribution < 1.29 is 28.6 Å². The summed E-state index contributed by atoms with van der Waals surface area (Å²) in [5.74, 6) is -1.11. The summed E-state index contributed by atoms with van der Waals surface area (Å²) in [4.78, 5) is 36.7. The molecule has 0 saturated carbocycles. The number of nitrogens with zero attached hydrogens (tertiary/aromatic N) is 2. The molecule has 0 aliphatic carbocycles. The van der Waals surface area contributed by atoms with E-state index in [-0.39, 0.29) is 23.5 Å². The quantitative estimate of drug-likeness (QED) is 0.709. The van der Waals surface area contributed by atoms with Crippen molar-refractivity contribution in [2.45, 2.75) is 19.4 Å². The zero-order valence-electron chi connectivity index (χ0n) is 15.0. The molecule has 1 aromatic carbocycles. The molecule has 1 atom stereocenters. The highest BCUT2D eigenvalue weighted by atomic mass is 16.5. The Balaban J connectivity index is 2.60. The number of benzene rings is 1. The van der Waals surface area contributed by atoms with Gasteiger partial charge in [0.05, 0.1) is 32.6 Å². The van der Waals surface area contributed by atoms with E-state index in [9.17, 15) is 14.4 Å². The molecular weight excluding hydrogens is 340 g/mol. The van der Waals surface area contributed by atoms with Gasteiger partial charge in [0.2, 0.25) is 0 Å². The van der Waals surface area contributed by atoms with Crippen molar-refractivity contribution in [2.75, 3.05) is 26.3 Å². The molecule has 2 rings (SSSR count). The van der Waals surface area contributed by atoms with Gasteiger partial charge in [0, 0.05) is 6.42 Å². The predicted octanol–water partition coefficient (Wildman–Crippen LogP) is 1.49. The first-order chi connectivity index (χ1) is 12.5. The Bertz CT molecular complexity index is 766. The number of ether oxygens (including phenoxy) is 3. The predicted molar refractivity (Wildman–Crippen MR) is 94.1 cm³/mol. The zero-order valence-corrected chi connectivity index (χ0v) is 15.0. The lowest BCUT2D eigenvalue weighted by molar-refractivity contribution is -0.144. The van der Waals surface area contributed by atoms with Crippen molar-refractivity contribution in [1.29, 1.82) is 0 Å². The Morgan fingerprint density at radius 1 is 1.08 bits per heavy atom. The van der Waals surface area contributed by atoms with Crippen molar-refractivity contribution in [2.24, 2.45) is 5.10 Å². The van der Waals surface area contributed by atoms with Crippen LogP contribution in [0.15, 0.2) is 41.0 Å². The normalized spacial score (nSPS) is 16.3. The number of esters is 2. The Hall–Kier alpha value is -3.16. The second kappa shape index (κ2) is 8.28. The van der Waals surface area contributed by atoms with Gasteiger partial charge in [0.15, 0.2) is 11.8 Å². The highest BCUT2D eigenvalue weighted by Gasteiger charge is 2.39. The minimum atomic E-state index is -1.17. The van der Waals surface area contributed by atoms with Crippen LogP contribution in [0.25, 0.3) is 0 Å².